The molecule has 1 aromatic rings. The molecule has 0 aromatic heterocycles. The molecule has 11 N–H and O–H groups in total. The van der Waals surface area contributed by atoms with E-state index in [0.29, 0.717) is 24.8 Å². The molecular weight excluding hydrogens is 526 g/mol. The number of phenols is 1. The number of hydrogen-bond donors (Lipinski definition) is 8. The Balaban J connectivity index is 2.08. The molecular formula is C25H37N7O8. The van der Waals surface area contributed by atoms with Crippen LogP contribution in [-0.2, 0) is 30.4 Å². The molecule has 0 bridgehead atoms. The van der Waals surface area contributed by atoms with Crippen molar-refractivity contribution in [3.8, 4) is 5.75 Å². The van der Waals surface area contributed by atoms with Gasteiger partial charge in [0.05, 0.1) is 6.04 Å². The molecule has 1 aliphatic heterocycles. The van der Waals surface area contributed by atoms with Gasteiger partial charge in [0.15, 0.2) is 5.96 Å². The molecule has 1 aromatic carbocycles. The van der Waals surface area contributed by atoms with Crippen LogP contribution in [0, 0.1) is 0 Å². The summed E-state index contributed by atoms with van der Waals surface area (Å²) in [6.45, 7) is 0.565. The zero-order valence-corrected chi connectivity index (χ0v) is 22.0. The number of benzene rings is 1. The zero-order valence-electron chi connectivity index (χ0n) is 22.0. The van der Waals surface area contributed by atoms with Crippen LogP contribution in [0.3, 0.4) is 0 Å². The van der Waals surface area contributed by atoms with Crippen LogP contribution in [0.1, 0.15) is 44.1 Å². The summed E-state index contributed by atoms with van der Waals surface area (Å²) in [6.07, 6.45) is 0.663. The van der Waals surface area contributed by atoms with Crippen molar-refractivity contribution in [3.63, 3.8) is 0 Å². The van der Waals surface area contributed by atoms with Gasteiger partial charge in [-0.3, -0.25) is 24.2 Å². The first kappa shape index (κ1) is 31.8. The second-order valence-corrected chi connectivity index (χ2v) is 9.51. The Morgan fingerprint density at radius 1 is 1.02 bits per heavy atom. The highest BCUT2D eigenvalue weighted by Gasteiger charge is 2.38. The lowest BCUT2D eigenvalue weighted by atomic mass is 10.0. The Kier molecular flexibility index (Phi) is 12.1. The second kappa shape index (κ2) is 15.3. The van der Waals surface area contributed by atoms with E-state index in [1.807, 2.05) is 0 Å². The first-order valence-electron chi connectivity index (χ1n) is 12.8. The fraction of sp³-hybridized carbons (Fsp3) is 0.520. The van der Waals surface area contributed by atoms with Gasteiger partial charge in [-0.1, -0.05) is 12.1 Å². The highest BCUT2D eigenvalue weighted by Crippen LogP contribution is 2.20. The minimum atomic E-state index is -1.39. The number of carboxylic acid groups (broad SMARTS) is 2. The Bertz CT molecular complexity index is 1090. The van der Waals surface area contributed by atoms with Gasteiger partial charge in [-0.05, 0) is 49.8 Å². The van der Waals surface area contributed by atoms with E-state index in [1.165, 1.54) is 29.2 Å². The minimum Gasteiger partial charge on any atom is -0.508 e. The summed E-state index contributed by atoms with van der Waals surface area (Å²) in [5.41, 5.74) is 17.1. The summed E-state index contributed by atoms with van der Waals surface area (Å²) < 4.78 is 0. The average Bonchev–Trinajstić information content (AvgIpc) is 3.39. The Hall–Kier alpha value is -4.40. The van der Waals surface area contributed by atoms with Crippen molar-refractivity contribution in [1.29, 1.82) is 0 Å². The number of nitrogens with one attached hydrogen (secondary N) is 2. The normalized spacial score (nSPS) is 16.8. The number of amides is 3. The van der Waals surface area contributed by atoms with Gasteiger partial charge < -0.3 is 48.1 Å². The van der Waals surface area contributed by atoms with E-state index < -0.39 is 60.2 Å². The fourth-order valence-corrected chi connectivity index (χ4v) is 4.30. The summed E-state index contributed by atoms with van der Waals surface area (Å²) in [7, 11) is 0. The molecule has 1 fully saturated rings. The van der Waals surface area contributed by atoms with Gasteiger partial charge in [-0.2, -0.15) is 0 Å². The van der Waals surface area contributed by atoms with Crippen LogP contribution in [0.25, 0.3) is 0 Å². The molecule has 40 heavy (non-hydrogen) atoms. The van der Waals surface area contributed by atoms with Crippen LogP contribution in [0.2, 0.25) is 0 Å². The Labute approximate surface area is 230 Å². The number of guanidine groups is 1. The van der Waals surface area contributed by atoms with Crippen LogP contribution in [0.4, 0.5) is 0 Å². The molecule has 220 valence electrons. The number of carbonyl (C=O) groups excluding carboxylic acids is 3. The van der Waals surface area contributed by atoms with Crippen LogP contribution in [0.15, 0.2) is 29.3 Å². The molecule has 3 amide bonds. The molecule has 4 atom stereocenters. The smallest absolute Gasteiger partial charge is 0.326 e. The van der Waals surface area contributed by atoms with Crippen LogP contribution in [-0.4, -0.2) is 93.1 Å². The predicted molar refractivity (Wildman–Crippen MR) is 143 cm³/mol. The molecule has 15 nitrogen and oxygen atoms in total. The Morgan fingerprint density at radius 3 is 2.30 bits per heavy atom. The summed E-state index contributed by atoms with van der Waals surface area (Å²) >= 11 is 0. The first-order valence-corrected chi connectivity index (χ1v) is 12.8. The monoisotopic (exact) mass is 563 g/mol. The number of rotatable bonds is 15. The topological polar surface area (TPSA) is 264 Å². The van der Waals surface area contributed by atoms with Gasteiger partial charge in [0.25, 0.3) is 0 Å². The minimum absolute atomic E-state index is 0.0116. The molecule has 0 saturated carbocycles. The molecule has 15 heteroatoms. The van der Waals surface area contributed by atoms with Gasteiger partial charge in [-0.15, -0.1) is 0 Å². The molecule has 0 radical (unpaired) electrons. The van der Waals surface area contributed by atoms with Gasteiger partial charge in [-0.25, -0.2) is 4.79 Å². The lowest BCUT2D eigenvalue weighted by Crippen LogP contribution is -2.56. The van der Waals surface area contributed by atoms with Crippen molar-refractivity contribution in [3.05, 3.63) is 29.8 Å². The third kappa shape index (κ3) is 10.1. The maximum absolute atomic E-state index is 13.2. The maximum atomic E-state index is 13.2. The largest absolute Gasteiger partial charge is 0.508 e. The van der Waals surface area contributed by atoms with Crippen molar-refractivity contribution in [2.24, 2.45) is 22.2 Å². The number of aromatic hydroxyl groups is 1. The highest BCUT2D eigenvalue weighted by atomic mass is 16.4. The number of nitrogens with two attached hydrogens (primary N) is 3. The van der Waals surface area contributed by atoms with E-state index in [9.17, 15) is 34.2 Å². The van der Waals surface area contributed by atoms with E-state index in [1.54, 1.807) is 0 Å². The first-order chi connectivity index (χ1) is 18.9. The molecule has 4 unspecified atom stereocenters. The van der Waals surface area contributed by atoms with Crippen molar-refractivity contribution in [2.45, 2.75) is 69.1 Å². The van der Waals surface area contributed by atoms with Gasteiger partial charge in [0.1, 0.15) is 23.9 Å². The van der Waals surface area contributed by atoms with Crippen LogP contribution in [0.5, 0.6) is 5.75 Å². The average molecular weight is 564 g/mol. The van der Waals surface area contributed by atoms with E-state index in [4.69, 9.17) is 22.3 Å². The summed E-state index contributed by atoms with van der Waals surface area (Å²) in [5.74, 6) is -4.65. The zero-order chi connectivity index (χ0) is 29.8. The van der Waals surface area contributed by atoms with Crippen molar-refractivity contribution in [1.82, 2.24) is 15.5 Å². The highest BCUT2D eigenvalue weighted by molar-refractivity contribution is 5.94. The number of phenolic OH excluding ortho intramolecular Hbond substituents is 1. The Morgan fingerprint density at radius 2 is 1.70 bits per heavy atom. The SMILES string of the molecule is NC(N)=NCCCC(N)C(=O)N1CCCC1C(=O)NC(CCC(=O)O)C(=O)NC(Cc1ccc(O)cc1)C(=O)O. The number of carboxylic acids is 2. The van der Waals surface area contributed by atoms with E-state index >= 15 is 0 Å². The van der Waals surface area contributed by atoms with Gasteiger partial charge >= 0.3 is 11.9 Å². The number of hydrogen-bond acceptors (Lipinski definition) is 8. The number of nitrogens with zero attached hydrogens (tertiary/aromatic N) is 2. The maximum Gasteiger partial charge on any atom is 0.326 e. The lowest BCUT2D eigenvalue weighted by molar-refractivity contribution is -0.143. The van der Waals surface area contributed by atoms with Gasteiger partial charge in [0, 0.05) is 25.9 Å². The third-order valence-electron chi connectivity index (χ3n) is 6.39. The summed E-state index contributed by atoms with van der Waals surface area (Å²) in [4.78, 5) is 67.3. The quantitative estimate of drug-likeness (QED) is 0.0672. The number of aliphatic carboxylic acids is 2. The number of likely N-dealkylation sites (tertiary alicyclic amines) is 1. The molecule has 0 aliphatic carbocycles. The van der Waals surface area contributed by atoms with Crippen molar-refractivity contribution >= 4 is 35.6 Å². The van der Waals surface area contributed by atoms with E-state index in [0.717, 1.165) is 0 Å². The molecule has 1 heterocycles. The molecule has 1 aliphatic rings. The number of carbonyl (C=O) groups is 5. The summed E-state index contributed by atoms with van der Waals surface area (Å²) in [6, 6.07) is 1.16. The third-order valence-corrected chi connectivity index (χ3v) is 6.39. The molecule has 0 spiro atoms. The van der Waals surface area contributed by atoms with Crippen molar-refractivity contribution in [2.75, 3.05) is 13.1 Å². The number of aliphatic imine (C=N–C) groups is 1. The van der Waals surface area contributed by atoms with Gasteiger partial charge in [0.2, 0.25) is 17.7 Å². The summed E-state index contributed by atoms with van der Waals surface area (Å²) in [5, 5.41) is 33.0. The standard InChI is InChI=1S/C25H37N7O8/c26-16(3-1-11-29-25(27)28)23(38)32-12-2-4-19(32)22(37)30-17(9-10-20(34)35)21(36)31-18(24(39)40)13-14-5-7-15(33)8-6-14/h5-8,16-19,33H,1-4,9-13,26H2,(H,30,37)(H,31,36)(H,34,35)(H,39,40)(H4,27,28,29). The van der Waals surface area contributed by atoms with E-state index in [-0.39, 0.29) is 44.1 Å². The molecule has 1 saturated heterocycles. The lowest BCUT2D eigenvalue weighted by Gasteiger charge is -2.28. The fourth-order valence-electron chi connectivity index (χ4n) is 4.30. The van der Waals surface area contributed by atoms with Crippen LogP contribution < -0.4 is 27.8 Å². The molecule has 2 rings (SSSR count). The van der Waals surface area contributed by atoms with E-state index in [2.05, 4.69) is 15.6 Å². The van der Waals surface area contributed by atoms with Crippen LogP contribution >= 0.6 is 0 Å². The predicted octanol–water partition coefficient (Wildman–Crippen LogP) is -1.77. The van der Waals surface area contributed by atoms with Crippen molar-refractivity contribution < 1.29 is 39.3 Å². The second-order valence-electron chi connectivity index (χ2n) is 9.51.